The second-order valence-electron chi connectivity index (χ2n) is 3.94. The Labute approximate surface area is 130 Å². The average molecular weight is 346 g/mol. The molecule has 0 aliphatic carbocycles. The molecular formula is C11H11FN4O2S3. The van der Waals surface area contributed by atoms with Crippen LogP contribution in [0.2, 0.25) is 0 Å². The summed E-state index contributed by atoms with van der Waals surface area (Å²) in [4.78, 5) is -0.664. The molecule has 0 saturated carbocycles. The summed E-state index contributed by atoms with van der Waals surface area (Å²) in [6, 6.07) is 3.58. The molecule has 0 aliphatic heterocycles. The van der Waals surface area contributed by atoms with Gasteiger partial charge >= 0.3 is 0 Å². The molecule has 0 bridgehead atoms. The number of nitrogens with two attached hydrogens (primary N) is 1. The van der Waals surface area contributed by atoms with Crippen molar-refractivity contribution in [2.75, 3.05) is 4.72 Å². The minimum atomic E-state index is -4.06. The van der Waals surface area contributed by atoms with Crippen LogP contribution in [0.3, 0.4) is 0 Å². The predicted octanol–water partition coefficient (Wildman–Crippen LogP) is 1.67. The first kappa shape index (κ1) is 15.7. The first-order valence-electron chi connectivity index (χ1n) is 5.78. The van der Waals surface area contributed by atoms with Crippen LogP contribution in [0, 0.1) is 5.82 Å². The van der Waals surface area contributed by atoms with Gasteiger partial charge in [-0.25, -0.2) is 12.8 Å². The minimum absolute atomic E-state index is 0.102. The average Bonchev–Trinajstić information content (AvgIpc) is 2.85. The van der Waals surface area contributed by atoms with Gasteiger partial charge in [-0.3, -0.25) is 4.72 Å². The topological polar surface area (TPSA) is 98.0 Å². The number of nitrogens with one attached hydrogen (secondary N) is 1. The SMILES string of the molecule is CCc1nnc(NS(=O)(=O)c2cccc(F)c2C(N)=S)s1. The molecular weight excluding hydrogens is 335 g/mol. The standard InChI is InChI=1S/C11H11FN4O2S3/c1-2-8-14-15-11(20-8)16-21(17,18)7-5-3-4-6(12)9(7)10(13)19/h3-5H,2H2,1H3,(H2,13,19)(H,15,16). The molecule has 10 heteroatoms. The number of hydrogen-bond donors (Lipinski definition) is 2. The van der Waals surface area contributed by atoms with Crippen molar-refractivity contribution in [3.8, 4) is 0 Å². The molecule has 1 heterocycles. The first-order chi connectivity index (χ1) is 9.85. The molecule has 0 saturated heterocycles. The maximum Gasteiger partial charge on any atom is 0.264 e. The highest BCUT2D eigenvalue weighted by Crippen LogP contribution is 2.23. The fourth-order valence-electron chi connectivity index (χ4n) is 1.58. The number of aromatic nitrogens is 2. The van der Waals surface area contributed by atoms with Gasteiger partial charge in [0.15, 0.2) is 0 Å². The summed E-state index contributed by atoms with van der Waals surface area (Å²) in [5.41, 5.74) is 5.09. The van der Waals surface area contributed by atoms with Gasteiger partial charge in [0.25, 0.3) is 10.0 Å². The number of thiocarbonyl (C=S) groups is 1. The van der Waals surface area contributed by atoms with Gasteiger partial charge in [-0.15, -0.1) is 10.2 Å². The third kappa shape index (κ3) is 3.34. The van der Waals surface area contributed by atoms with Crippen molar-refractivity contribution in [3.05, 3.63) is 34.6 Å². The van der Waals surface area contributed by atoms with Gasteiger partial charge in [-0.05, 0) is 18.6 Å². The highest BCUT2D eigenvalue weighted by atomic mass is 32.2. The molecule has 2 aromatic rings. The molecule has 0 fully saturated rings. The quantitative estimate of drug-likeness (QED) is 0.799. The second kappa shape index (κ2) is 6.00. The fourth-order valence-corrected chi connectivity index (χ4v) is 3.99. The molecule has 0 aliphatic rings. The van der Waals surface area contributed by atoms with Gasteiger partial charge in [-0.2, -0.15) is 0 Å². The zero-order valence-electron chi connectivity index (χ0n) is 10.8. The number of aryl methyl sites for hydroxylation is 1. The highest BCUT2D eigenvalue weighted by molar-refractivity contribution is 7.93. The van der Waals surface area contributed by atoms with Crippen LogP contribution in [0.1, 0.15) is 17.5 Å². The Kier molecular flexibility index (Phi) is 4.49. The van der Waals surface area contributed by atoms with Crippen molar-refractivity contribution >= 4 is 43.7 Å². The van der Waals surface area contributed by atoms with Crippen LogP contribution in [0.15, 0.2) is 23.1 Å². The molecule has 112 valence electrons. The Morgan fingerprint density at radius 1 is 1.48 bits per heavy atom. The zero-order valence-corrected chi connectivity index (χ0v) is 13.3. The van der Waals surface area contributed by atoms with E-state index in [9.17, 15) is 12.8 Å². The Morgan fingerprint density at radius 3 is 2.76 bits per heavy atom. The summed E-state index contributed by atoms with van der Waals surface area (Å²) in [6.45, 7) is 1.87. The Morgan fingerprint density at radius 2 is 2.19 bits per heavy atom. The summed E-state index contributed by atoms with van der Waals surface area (Å²) in [5.74, 6) is -0.795. The number of rotatable bonds is 5. The third-order valence-corrected chi connectivity index (χ3v) is 5.20. The lowest BCUT2D eigenvalue weighted by atomic mass is 10.2. The number of hydrogen-bond acceptors (Lipinski definition) is 6. The number of halogens is 1. The second-order valence-corrected chi connectivity index (χ2v) is 7.09. The van der Waals surface area contributed by atoms with Crippen molar-refractivity contribution in [1.29, 1.82) is 0 Å². The molecule has 1 aromatic carbocycles. The van der Waals surface area contributed by atoms with Crippen LogP contribution in [0.25, 0.3) is 0 Å². The van der Waals surface area contributed by atoms with Crippen molar-refractivity contribution in [2.24, 2.45) is 5.73 Å². The van der Waals surface area contributed by atoms with E-state index in [1.165, 1.54) is 12.1 Å². The molecule has 21 heavy (non-hydrogen) atoms. The lowest BCUT2D eigenvalue weighted by Crippen LogP contribution is -2.21. The van der Waals surface area contributed by atoms with Gasteiger partial charge in [0.1, 0.15) is 20.7 Å². The molecule has 0 radical (unpaired) electrons. The van der Waals surface area contributed by atoms with E-state index in [1.807, 2.05) is 6.92 Å². The van der Waals surface area contributed by atoms with Crippen molar-refractivity contribution in [1.82, 2.24) is 10.2 Å². The molecule has 3 N–H and O–H groups in total. The van der Waals surface area contributed by atoms with E-state index in [-0.39, 0.29) is 20.6 Å². The summed E-state index contributed by atoms with van der Waals surface area (Å²) in [6.07, 6.45) is 0.636. The Bertz CT molecular complexity index is 789. The van der Waals surface area contributed by atoms with Crippen LogP contribution in [-0.2, 0) is 16.4 Å². The summed E-state index contributed by atoms with van der Waals surface area (Å²) < 4.78 is 40.6. The molecule has 1 aromatic heterocycles. The van der Waals surface area contributed by atoms with E-state index in [2.05, 4.69) is 14.9 Å². The number of benzene rings is 1. The molecule has 2 rings (SSSR count). The van der Waals surface area contributed by atoms with E-state index in [4.69, 9.17) is 18.0 Å². The predicted molar refractivity (Wildman–Crippen MR) is 82.4 cm³/mol. The van der Waals surface area contributed by atoms with Crippen molar-refractivity contribution < 1.29 is 12.8 Å². The normalized spacial score (nSPS) is 11.3. The zero-order chi connectivity index (χ0) is 15.6. The van der Waals surface area contributed by atoms with Gasteiger partial charge in [0.2, 0.25) is 5.13 Å². The number of sulfonamides is 1. The maximum absolute atomic E-state index is 13.7. The fraction of sp³-hybridized carbons (Fsp3) is 0.182. The summed E-state index contributed by atoms with van der Waals surface area (Å²) in [7, 11) is -4.06. The molecule has 0 atom stereocenters. The van der Waals surface area contributed by atoms with Crippen LogP contribution in [0.4, 0.5) is 9.52 Å². The van der Waals surface area contributed by atoms with E-state index in [1.54, 1.807) is 0 Å². The monoisotopic (exact) mass is 346 g/mol. The summed E-state index contributed by atoms with van der Waals surface area (Å²) in [5, 5.41) is 8.30. The van der Waals surface area contributed by atoms with Crippen molar-refractivity contribution in [3.63, 3.8) is 0 Å². The van der Waals surface area contributed by atoms with E-state index in [0.717, 1.165) is 17.4 Å². The maximum atomic E-state index is 13.7. The third-order valence-electron chi connectivity index (χ3n) is 2.50. The van der Waals surface area contributed by atoms with E-state index < -0.39 is 15.8 Å². The Balaban J connectivity index is 2.45. The lowest BCUT2D eigenvalue weighted by molar-refractivity contribution is 0.594. The van der Waals surface area contributed by atoms with Gasteiger partial charge in [0.05, 0.1) is 5.56 Å². The largest absolute Gasteiger partial charge is 0.389 e. The highest BCUT2D eigenvalue weighted by Gasteiger charge is 2.24. The first-order valence-corrected chi connectivity index (χ1v) is 8.49. The molecule has 0 spiro atoms. The van der Waals surface area contributed by atoms with Crippen molar-refractivity contribution in [2.45, 2.75) is 18.2 Å². The molecule has 6 nitrogen and oxygen atoms in total. The van der Waals surface area contributed by atoms with Crippen LogP contribution >= 0.6 is 23.6 Å². The van der Waals surface area contributed by atoms with Crippen LogP contribution < -0.4 is 10.5 Å². The van der Waals surface area contributed by atoms with Crippen LogP contribution in [-0.4, -0.2) is 23.6 Å². The van der Waals surface area contributed by atoms with Crippen LogP contribution in [0.5, 0.6) is 0 Å². The lowest BCUT2D eigenvalue weighted by Gasteiger charge is -2.10. The minimum Gasteiger partial charge on any atom is -0.389 e. The van der Waals surface area contributed by atoms with E-state index >= 15 is 0 Å². The van der Waals surface area contributed by atoms with Gasteiger partial charge < -0.3 is 5.73 Å². The Hall–Kier alpha value is -1.65. The number of nitrogens with zero attached hydrogens (tertiary/aromatic N) is 2. The van der Waals surface area contributed by atoms with Gasteiger partial charge in [0, 0.05) is 0 Å². The van der Waals surface area contributed by atoms with E-state index in [0.29, 0.717) is 11.4 Å². The number of anilines is 1. The molecule has 0 amide bonds. The van der Waals surface area contributed by atoms with Gasteiger partial charge in [-0.1, -0.05) is 36.5 Å². The molecule has 0 unspecified atom stereocenters. The summed E-state index contributed by atoms with van der Waals surface area (Å²) >= 11 is 5.82. The smallest absolute Gasteiger partial charge is 0.264 e.